The molecule has 0 aliphatic rings. The van der Waals surface area contributed by atoms with Crippen molar-refractivity contribution in [3.8, 4) is 0 Å². The van der Waals surface area contributed by atoms with Crippen molar-refractivity contribution < 1.29 is 4.79 Å². The van der Waals surface area contributed by atoms with E-state index in [0.29, 0.717) is 22.2 Å². The molecule has 2 rings (SSSR count). The van der Waals surface area contributed by atoms with Gasteiger partial charge in [0.15, 0.2) is 0 Å². The first-order valence-corrected chi connectivity index (χ1v) is 6.94. The van der Waals surface area contributed by atoms with Gasteiger partial charge in [-0.2, -0.15) is 0 Å². The van der Waals surface area contributed by atoms with E-state index < -0.39 is 0 Å². The Labute approximate surface area is 120 Å². The maximum Gasteiger partial charge on any atom is 0.254 e. The Morgan fingerprint density at radius 2 is 1.94 bits per heavy atom. The molecule has 0 unspecified atom stereocenters. The van der Waals surface area contributed by atoms with Crippen LogP contribution in [0.15, 0.2) is 35.7 Å². The summed E-state index contributed by atoms with van der Waals surface area (Å²) < 4.78 is 0. The molecule has 2 aromatic rings. The molecule has 0 aliphatic heterocycles. The van der Waals surface area contributed by atoms with E-state index in [1.54, 1.807) is 41.5 Å². The van der Waals surface area contributed by atoms with E-state index in [4.69, 9.17) is 23.2 Å². The minimum absolute atomic E-state index is 0.0900. The van der Waals surface area contributed by atoms with Gasteiger partial charge >= 0.3 is 0 Å². The van der Waals surface area contributed by atoms with Gasteiger partial charge in [-0.1, -0.05) is 29.3 Å². The van der Waals surface area contributed by atoms with E-state index in [-0.39, 0.29) is 5.91 Å². The molecule has 0 radical (unpaired) electrons. The quantitative estimate of drug-likeness (QED) is 0.826. The van der Waals surface area contributed by atoms with Gasteiger partial charge in [-0.25, -0.2) is 0 Å². The molecule has 0 atom stereocenters. The third-order valence-electron chi connectivity index (χ3n) is 2.43. The number of thiophene rings is 1. The van der Waals surface area contributed by atoms with Crippen molar-refractivity contribution in [2.24, 2.45) is 0 Å². The summed E-state index contributed by atoms with van der Waals surface area (Å²) in [6.07, 6.45) is 0. The monoisotopic (exact) mass is 299 g/mol. The second kappa shape index (κ2) is 5.74. The Morgan fingerprint density at radius 3 is 2.50 bits per heavy atom. The van der Waals surface area contributed by atoms with Crippen LogP contribution in [0.4, 0.5) is 0 Å². The van der Waals surface area contributed by atoms with Crippen LogP contribution >= 0.6 is 34.5 Å². The SMILES string of the molecule is CN(Cc1cccs1)C(=O)c1cc(Cl)cc(Cl)c1. The number of hydrogen-bond acceptors (Lipinski definition) is 2. The third kappa shape index (κ3) is 3.25. The molecule has 0 aliphatic carbocycles. The van der Waals surface area contributed by atoms with Gasteiger partial charge in [0.05, 0.1) is 6.54 Å². The molecule has 0 saturated carbocycles. The normalized spacial score (nSPS) is 10.4. The molecule has 1 aromatic heterocycles. The highest BCUT2D eigenvalue weighted by Gasteiger charge is 2.13. The van der Waals surface area contributed by atoms with Crippen LogP contribution in [0.2, 0.25) is 10.0 Å². The second-order valence-electron chi connectivity index (χ2n) is 3.90. The van der Waals surface area contributed by atoms with Gasteiger partial charge in [0.2, 0.25) is 0 Å². The minimum Gasteiger partial charge on any atom is -0.337 e. The summed E-state index contributed by atoms with van der Waals surface area (Å²) in [4.78, 5) is 15.0. The van der Waals surface area contributed by atoms with Crippen molar-refractivity contribution in [1.82, 2.24) is 4.90 Å². The van der Waals surface area contributed by atoms with E-state index in [2.05, 4.69) is 0 Å². The van der Waals surface area contributed by atoms with E-state index in [9.17, 15) is 4.79 Å². The van der Waals surface area contributed by atoms with Gasteiger partial charge in [0, 0.05) is 27.5 Å². The topological polar surface area (TPSA) is 20.3 Å². The Morgan fingerprint density at radius 1 is 1.28 bits per heavy atom. The Balaban J connectivity index is 2.15. The van der Waals surface area contributed by atoms with Crippen LogP contribution in [0.5, 0.6) is 0 Å². The summed E-state index contributed by atoms with van der Waals surface area (Å²) in [6.45, 7) is 0.584. The average molecular weight is 300 g/mol. The molecule has 18 heavy (non-hydrogen) atoms. The number of nitrogens with zero attached hydrogens (tertiary/aromatic N) is 1. The lowest BCUT2D eigenvalue weighted by molar-refractivity contribution is 0.0786. The van der Waals surface area contributed by atoms with E-state index >= 15 is 0 Å². The number of benzene rings is 1. The molecule has 0 spiro atoms. The minimum atomic E-state index is -0.0900. The number of amides is 1. The molecule has 5 heteroatoms. The third-order valence-corrected chi connectivity index (χ3v) is 3.73. The molecule has 2 nitrogen and oxygen atoms in total. The lowest BCUT2D eigenvalue weighted by Crippen LogP contribution is -2.25. The predicted octanol–water partition coefficient (Wildman–Crippen LogP) is 4.33. The second-order valence-corrected chi connectivity index (χ2v) is 5.80. The van der Waals surface area contributed by atoms with Crippen LogP contribution < -0.4 is 0 Å². The summed E-state index contributed by atoms with van der Waals surface area (Å²) >= 11 is 13.4. The number of halogens is 2. The fraction of sp³-hybridized carbons (Fsp3) is 0.154. The molecule has 0 saturated heterocycles. The van der Waals surface area contributed by atoms with Crippen molar-refractivity contribution in [1.29, 1.82) is 0 Å². The summed E-state index contributed by atoms with van der Waals surface area (Å²) in [5.41, 5.74) is 0.506. The van der Waals surface area contributed by atoms with Gasteiger partial charge in [-0.15, -0.1) is 11.3 Å². The number of hydrogen-bond donors (Lipinski definition) is 0. The highest BCUT2D eigenvalue weighted by Crippen LogP contribution is 2.21. The fourth-order valence-electron chi connectivity index (χ4n) is 1.61. The lowest BCUT2D eigenvalue weighted by atomic mass is 10.2. The van der Waals surface area contributed by atoms with Crippen molar-refractivity contribution in [2.75, 3.05) is 7.05 Å². The zero-order chi connectivity index (χ0) is 13.1. The van der Waals surface area contributed by atoms with Crippen LogP contribution in [0.3, 0.4) is 0 Å². The standard InChI is InChI=1S/C13H11Cl2NOS/c1-16(8-12-3-2-4-18-12)13(17)9-5-10(14)7-11(15)6-9/h2-7H,8H2,1H3. The first-order valence-electron chi connectivity index (χ1n) is 5.30. The van der Waals surface area contributed by atoms with Gasteiger partial charge in [0.1, 0.15) is 0 Å². The van der Waals surface area contributed by atoms with E-state index in [1.807, 2.05) is 17.5 Å². The van der Waals surface area contributed by atoms with Crippen LogP contribution in [-0.4, -0.2) is 17.9 Å². The zero-order valence-electron chi connectivity index (χ0n) is 9.69. The molecular formula is C13H11Cl2NOS. The average Bonchev–Trinajstić information content (AvgIpc) is 2.79. The molecule has 1 aromatic carbocycles. The molecule has 1 amide bonds. The Hall–Kier alpha value is -1.03. The molecule has 0 N–H and O–H groups in total. The van der Waals surface area contributed by atoms with Crippen LogP contribution in [0.1, 0.15) is 15.2 Å². The first kappa shape index (κ1) is 13.4. The van der Waals surface area contributed by atoms with Crippen molar-refractivity contribution in [3.63, 3.8) is 0 Å². The van der Waals surface area contributed by atoms with E-state index in [1.165, 1.54) is 0 Å². The Kier molecular flexibility index (Phi) is 4.27. The van der Waals surface area contributed by atoms with Crippen LogP contribution in [0, 0.1) is 0 Å². The lowest BCUT2D eigenvalue weighted by Gasteiger charge is -2.16. The van der Waals surface area contributed by atoms with Crippen molar-refractivity contribution in [2.45, 2.75) is 6.54 Å². The Bertz CT molecular complexity index is 534. The maximum absolute atomic E-state index is 12.2. The maximum atomic E-state index is 12.2. The molecule has 0 bridgehead atoms. The van der Waals surface area contributed by atoms with E-state index in [0.717, 1.165) is 4.88 Å². The number of rotatable bonds is 3. The van der Waals surface area contributed by atoms with Gasteiger partial charge in [-0.3, -0.25) is 4.79 Å². The van der Waals surface area contributed by atoms with Crippen LogP contribution in [-0.2, 0) is 6.54 Å². The first-order chi connectivity index (χ1) is 8.56. The number of carbonyl (C=O) groups is 1. The fourth-order valence-corrected chi connectivity index (χ4v) is 2.89. The molecule has 0 fully saturated rings. The smallest absolute Gasteiger partial charge is 0.254 e. The highest BCUT2D eigenvalue weighted by molar-refractivity contribution is 7.09. The zero-order valence-corrected chi connectivity index (χ0v) is 12.0. The molecular weight excluding hydrogens is 289 g/mol. The van der Waals surface area contributed by atoms with Crippen LogP contribution in [0.25, 0.3) is 0 Å². The van der Waals surface area contributed by atoms with Gasteiger partial charge < -0.3 is 4.90 Å². The molecule has 94 valence electrons. The summed E-state index contributed by atoms with van der Waals surface area (Å²) in [5.74, 6) is -0.0900. The largest absolute Gasteiger partial charge is 0.337 e. The highest BCUT2D eigenvalue weighted by atomic mass is 35.5. The summed E-state index contributed by atoms with van der Waals surface area (Å²) in [6, 6.07) is 8.83. The van der Waals surface area contributed by atoms with Crippen molar-refractivity contribution in [3.05, 3.63) is 56.2 Å². The van der Waals surface area contributed by atoms with Gasteiger partial charge in [-0.05, 0) is 29.6 Å². The molecule has 1 heterocycles. The summed E-state index contributed by atoms with van der Waals surface area (Å²) in [7, 11) is 1.76. The summed E-state index contributed by atoms with van der Waals surface area (Å²) in [5, 5.41) is 2.93. The number of carbonyl (C=O) groups excluding carboxylic acids is 1. The predicted molar refractivity (Wildman–Crippen MR) is 76.6 cm³/mol. The van der Waals surface area contributed by atoms with Crippen molar-refractivity contribution >= 4 is 40.4 Å². The van der Waals surface area contributed by atoms with Gasteiger partial charge in [0.25, 0.3) is 5.91 Å².